The molecule has 1 heterocycles. The molecule has 1 aliphatic rings. The molecule has 4 heteroatoms. The smallest absolute Gasteiger partial charge is 0.0691 e. The van der Waals surface area contributed by atoms with Gasteiger partial charge in [0.05, 0.1) is 17.4 Å². The van der Waals surface area contributed by atoms with Gasteiger partial charge in [-0.15, -0.1) is 0 Å². The Morgan fingerprint density at radius 1 is 1.22 bits per heavy atom. The molecule has 0 aliphatic heterocycles. The zero-order valence-corrected chi connectivity index (χ0v) is 12.8. The van der Waals surface area contributed by atoms with E-state index in [9.17, 15) is 0 Å². The zero-order valence-electron chi connectivity index (χ0n) is 9.66. The number of hydrogen-bond donors (Lipinski definition) is 1. The topological polar surface area (TPSA) is 24.9 Å². The molecule has 0 spiro atoms. The summed E-state index contributed by atoms with van der Waals surface area (Å²) in [7, 11) is 0. The summed E-state index contributed by atoms with van der Waals surface area (Å²) in [5.41, 5.74) is 3.65. The second kappa shape index (κ2) is 5.02. The van der Waals surface area contributed by atoms with E-state index in [2.05, 4.69) is 54.3 Å². The molecule has 1 N–H and O–H groups in total. The number of halogens is 2. The van der Waals surface area contributed by atoms with Crippen molar-refractivity contribution in [2.24, 2.45) is 0 Å². The van der Waals surface area contributed by atoms with E-state index in [1.54, 1.807) is 0 Å². The number of hydrogen-bond acceptors (Lipinski definition) is 2. The minimum absolute atomic E-state index is 0.312. The number of rotatable bonds is 2. The number of pyridine rings is 1. The average Bonchev–Trinajstić information content (AvgIpc) is 2.78. The van der Waals surface area contributed by atoms with Crippen LogP contribution in [0.5, 0.6) is 0 Å². The molecular weight excluding hydrogens is 356 g/mol. The van der Waals surface area contributed by atoms with Gasteiger partial charge in [0.2, 0.25) is 0 Å². The number of aromatic nitrogens is 1. The van der Waals surface area contributed by atoms with E-state index in [0.717, 1.165) is 27.5 Å². The lowest BCUT2D eigenvalue weighted by Gasteiger charge is -2.16. The Labute approximate surface area is 123 Å². The number of fused-ring (bicyclic) bond motifs is 1. The molecule has 0 saturated carbocycles. The van der Waals surface area contributed by atoms with Gasteiger partial charge in [0.25, 0.3) is 0 Å². The third-order valence-electron chi connectivity index (χ3n) is 3.22. The fourth-order valence-corrected chi connectivity index (χ4v) is 3.07. The van der Waals surface area contributed by atoms with Crippen molar-refractivity contribution in [3.8, 4) is 0 Å². The minimum atomic E-state index is 0.312. The summed E-state index contributed by atoms with van der Waals surface area (Å²) in [5, 5.41) is 3.57. The van der Waals surface area contributed by atoms with E-state index in [0.29, 0.717) is 6.04 Å². The van der Waals surface area contributed by atoms with E-state index >= 15 is 0 Å². The van der Waals surface area contributed by atoms with E-state index < -0.39 is 0 Å². The normalized spacial score (nSPS) is 17.6. The van der Waals surface area contributed by atoms with Gasteiger partial charge >= 0.3 is 0 Å². The first-order valence-electron chi connectivity index (χ1n) is 5.89. The second-order valence-electron chi connectivity index (χ2n) is 4.41. The van der Waals surface area contributed by atoms with E-state index in [1.807, 2.05) is 24.4 Å². The first-order chi connectivity index (χ1) is 8.74. The maximum absolute atomic E-state index is 4.50. The minimum Gasteiger partial charge on any atom is -0.376 e. The van der Waals surface area contributed by atoms with Crippen LogP contribution < -0.4 is 5.32 Å². The van der Waals surface area contributed by atoms with Gasteiger partial charge in [0, 0.05) is 15.1 Å². The average molecular weight is 368 g/mol. The summed E-state index contributed by atoms with van der Waals surface area (Å²) >= 11 is 7.07. The van der Waals surface area contributed by atoms with Crippen molar-refractivity contribution < 1.29 is 0 Å². The van der Waals surface area contributed by atoms with Gasteiger partial charge < -0.3 is 5.32 Å². The fourth-order valence-electron chi connectivity index (χ4n) is 2.35. The molecule has 0 amide bonds. The van der Waals surface area contributed by atoms with Gasteiger partial charge in [-0.05, 0) is 58.6 Å². The molecule has 2 nitrogen and oxygen atoms in total. The lowest BCUT2D eigenvalue weighted by atomic mass is 10.2. The van der Waals surface area contributed by atoms with Crippen molar-refractivity contribution in [3.63, 3.8) is 0 Å². The second-order valence-corrected chi connectivity index (χ2v) is 6.18. The summed E-state index contributed by atoms with van der Waals surface area (Å²) in [6.07, 6.45) is 4.08. The molecule has 3 rings (SSSR count). The Balaban J connectivity index is 1.88. The maximum atomic E-state index is 4.50. The lowest BCUT2D eigenvalue weighted by Crippen LogP contribution is -2.08. The molecule has 18 heavy (non-hydrogen) atoms. The van der Waals surface area contributed by atoms with Gasteiger partial charge in [-0.25, -0.2) is 0 Å². The molecule has 0 fully saturated rings. The maximum Gasteiger partial charge on any atom is 0.0691 e. The molecule has 1 aromatic carbocycles. The zero-order chi connectivity index (χ0) is 12.5. The van der Waals surface area contributed by atoms with Crippen molar-refractivity contribution in [2.75, 3.05) is 5.32 Å². The monoisotopic (exact) mass is 366 g/mol. The molecule has 1 atom stereocenters. The van der Waals surface area contributed by atoms with Gasteiger partial charge in [0.15, 0.2) is 0 Å². The number of anilines is 1. The van der Waals surface area contributed by atoms with Crippen LogP contribution in [0.25, 0.3) is 0 Å². The Bertz CT molecular complexity index is 584. The van der Waals surface area contributed by atoms with Crippen LogP contribution in [0.3, 0.4) is 0 Å². The molecule has 1 aromatic heterocycles. The van der Waals surface area contributed by atoms with E-state index in [1.165, 1.54) is 11.3 Å². The van der Waals surface area contributed by atoms with Gasteiger partial charge in [0.1, 0.15) is 0 Å². The van der Waals surface area contributed by atoms with Crippen molar-refractivity contribution in [1.29, 1.82) is 0 Å². The van der Waals surface area contributed by atoms with E-state index in [-0.39, 0.29) is 0 Å². The van der Waals surface area contributed by atoms with Crippen LogP contribution in [-0.4, -0.2) is 4.98 Å². The molecule has 0 bridgehead atoms. The molecule has 0 saturated heterocycles. The summed E-state index contributed by atoms with van der Waals surface area (Å²) < 4.78 is 2.16. The fraction of sp³-hybridized carbons (Fsp3) is 0.214. The first kappa shape index (κ1) is 12.2. The predicted molar refractivity (Wildman–Crippen MR) is 80.8 cm³/mol. The van der Waals surface area contributed by atoms with Crippen LogP contribution in [0.1, 0.15) is 23.7 Å². The molecule has 1 unspecified atom stereocenters. The lowest BCUT2D eigenvalue weighted by molar-refractivity contribution is 0.745. The summed E-state index contributed by atoms with van der Waals surface area (Å²) in [4.78, 5) is 4.50. The quantitative estimate of drug-likeness (QED) is 0.831. The van der Waals surface area contributed by atoms with Crippen molar-refractivity contribution in [2.45, 2.75) is 18.9 Å². The van der Waals surface area contributed by atoms with Crippen LogP contribution in [0.2, 0.25) is 0 Å². The molecule has 0 radical (unpaired) electrons. The molecule has 92 valence electrons. The van der Waals surface area contributed by atoms with Crippen molar-refractivity contribution >= 4 is 37.5 Å². The standard InChI is InChI=1S/C14H12Br2N2/c15-10-4-5-11(16)13(8-10)18-12-6-3-9-2-1-7-17-14(9)12/h1-2,4-5,7-8,12,18H,3,6H2. The Kier molecular flexibility index (Phi) is 3.39. The van der Waals surface area contributed by atoms with Crippen LogP contribution in [-0.2, 0) is 6.42 Å². The van der Waals surface area contributed by atoms with Crippen molar-refractivity contribution in [3.05, 3.63) is 56.7 Å². The summed E-state index contributed by atoms with van der Waals surface area (Å²) in [6, 6.07) is 10.6. The Morgan fingerprint density at radius 2 is 2.11 bits per heavy atom. The number of benzene rings is 1. The van der Waals surface area contributed by atoms with Crippen LogP contribution >= 0.6 is 31.9 Å². The van der Waals surface area contributed by atoms with Gasteiger partial charge in [-0.3, -0.25) is 4.98 Å². The molecule has 2 aromatic rings. The number of aryl methyl sites for hydroxylation is 1. The summed E-state index contributed by atoms with van der Waals surface area (Å²) in [6.45, 7) is 0. The third kappa shape index (κ3) is 2.31. The van der Waals surface area contributed by atoms with Crippen LogP contribution in [0.15, 0.2) is 45.5 Å². The summed E-state index contributed by atoms with van der Waals surface area (Å²) in [5.74, 6) is 0. The third-order valence-corrected chi connectivity index (χ3v) is 4.40. The first-order valence-corrected chi connectivity index (χ1v) is 7.48. The van der Waals surface area contributed by atoms with Crippen LogP contribution in [0.4, 0.5) is 5.69 Å². The Morgan fingerprint density at radius 3 is 3.00 bits per heavy atom. The Hall–Kier alpha value is -0.870. The number of nitrogens with one attached hydrogen (secondary N) is 1. The van der Waals surface area contributed by atoms with E-state index in [4.69, 9.17) is 0 Å². The highest BCUT2D eigenvalue weighted by molar-refractivity contribution is 9.11. The SMILES string of the molecule is Brc1ccc(Br)c(NC2CCc3cccnc32)c1. The highest BCUT2D eigenvalue weighted by atomic mass is 79.9. The van der Waals surface area contributed by atoms with Gasteiger partial charge in [-0.2, -0.15) is 0 Å². The van der Waals surface area contributed by atoms with Crippen LogP contribution in [0, 0.1) is 0 Å². The number of nitrogens with zero attached hydrogens (tertiary/aromatic N) is 1. The van der Waals surface area contributed by atoms with Crippen molar-refractivity contribution in [1.82, 2.24) is 4.98 Å². The highest BCUT2D eigenvalue weighted by Crippen LogP contribution is 2.35. The molecule has 1 aliphatic carbocycles. The largest absolute Gasteiger partial charge is 0.376 e. The van der Waals surface area contributed by atoms with Gasteiger partial charge in [-0.1, -0.05) is 22.0 Å². The predicted octanol–water partition coefficient (Wildman–Crippen LogP) is 4.71. The molecular formula is C14H12Br2N2. The highest BCUT2D eigenvalue weighted by Gasteiger charge is 2.23.